The van der Waals surface area contributed by atoms with Crippen LogP contribution in [-0.4, -0.2) is 22.8 Å². The Labute approximate surface area is 130 Å². The number of carbonyl (C=O) groups is 1. The van der Waals surface area contributed by atoms with Crippen molar-refractivity contribution >= 4 is 5.97 Å². The highest BCUT2D eigenvalue weighted by molar-refractivity contribution is 5.81. The summed E-state index contributed by atoms with van der Waals surface area (Å²) in [5, 5.41) is 9.13. The van der Waals surface area contributed by atoms with Crippen LogP contribution in [0, 0.1) is 0 Å². The fourth-order valence-corrected chi connectivity index (χ4v) is 3.10. The van der Waals surface area contributed by atoms with Gasteiger partial charge in [-0.1, -0.05) is 77.6 Å². The fraction of sp³-hybridized carbons (Fsp3) is 0.944. The summed E-state index contributed by atoms with van der Waals surface area (Å²) in [5.41, 5.74) is -0.835. The van der Waals surface area contributed by atoms with E-state index >= 15 is 0 Å². The van der Waals surface area contributed by atoms with Crippen LogP contribution in [0.2, 0.25) is 0 Å². The molecule has 1 saturated heterocycles. The first-order valence-corrected chi connectivity index (χ1v) is 9.04. The zero-order chi connectivity index (χ0) is 15.6. The second-order valence-corrected chi connectivity index (χ2v) is 6.59. The van der Waals surface area contributed by atoms with Crippen molar-refractivity contribution in [2.45, 2.75) is 109 Å². The van der Waals surface area contributed by atoms with Crippen LogP contribution in [0.15, 0.2) is 0 Å². The van der Waals surface area contributed by atoms with Crippen molar-refractivity contribution in [1.29, 1.82) is 0 Å². The fourth-order valence-electron chi connectivity index (χ4n) is 3.10. The summed E-state index contributed by atoms with van der Waals surface area (Å²) in [6.07, 6.45) is 16.3. The average molecular weight is 298 g/mol. The molecule has 1 aliphatic heterocycles. The van der Waals surface area contributed by atoms with Gasteiger partial charge in [-0.25, -0.2) is 4.79 Å². The third-order valence-corrected chi connectivity index (χ3v) is 4.75. The van der Waals surface area contributed by atoms with E-state index in [1.165, 1.54) is 64.2 Å². The van der Waals surface area contributed by atoms with Gasteiger partial charge in [-0.3, -0.25) is 0 Å². The zero-order valence-electron chi connectivity index (χ0n) is 14.0. The minimum Gasteiger partial charge on any atom is -0.479 e. The normalized spacial score (nSPS) is 24.2. The second-order valence-electron chi connectivity index (χ2n) is 6.59. The topological polar surface area (TPSA) is 49.8 Å². The van der Waals surface area contributed by atoms with E-state index in [0.29, 0.717) is 6.42 Å². The number of carboxylic acid groups (broad SMARTS) is 1. The molecule has 1 fully saturated rings. The van der Waals surface area contributed by atoms with Gasteiger partial charge in [-0.15, -0.1) is 0 Å². The number of ether oxygens (including phenoxy) is 1. The summed E-state index contributed by atoms with van der Waals surface area (Å²) in [4.78, 5) is 11.1. The van der Waals surface area contributed by atoms with Crippen molar-refractivity contribution in [2.24, 2.45) is 0 Å². The van der Waals surface area contributed by atoms with Crippen LogP contribution in [0.3, 0.4) is 0 Å². The van der Waals surface area contributed by atoms with Crippen LogP contribution in [0.4, 0.5) is 0 Å². The van der Waals surface area contributed by atoms with Crippen molar-refractivity contribution < 1.29 is 14.6 Å². The van der Waals surface area contributed by atoms with Crippen molar-refractivity contribution in [3.05, 3.63) is 0 Å². The molecule has 1 N–H and O–H groups in total. The number of epoxide rings is 1. The van der Waals surface area contributed by atoms with Crippen LogP contribution in [-0.2, 0) is 9.53 Å². The molecule has 0 bridgehead atoms. The number of rotatable bonds is 14. The van der Waals surface area contributed by atoms with Gasteiger partial charge in [-0.2, -0.15) is 0 Å². The van der Waals surface area contributed by atoms with Crippen LogP contribution >= 0.6 is 0 Å². The van der Waals surface area contributed by atoms with E-state index in [2.05, 4.69) is 6.92 Å². The van der Waals surface area contributed by atoms with Gasteiger partial charge in [-0.05, 0) is 19.8 Å². The first-order chi connectivity index (χ1) is 10.1. The molecule has 2 unspecified atom stereocenters. The third kappa shape index (κ3) is 6.82. The van der Waals surface area contributed by atoms with E-state index in [-0.39, 0.29) is 6.10 Å². The smallest absolute Gasteiger partial charge is 0.338 e. The van der Waals surface area contributed by atoms with Crippen LogP contribution in [0.25, 0.3) is 0 Å². The molecule has 3 heteroatoms. The quantitative estimate of drug-likeness (QED) is 0.349. The van der Waals surface area contributed by atoms with Crippen molar-refractivity contribution in [3.8, 4) is 0 Å². The van der Waals surface area contributed by atoms with E-state index in [1.54, 1.807) is 0 Å². The highest BCUT2D eigenvalue weighted by Crippen LogP contribution is 2.41. The maximum Gasteiger partial charge on any atom is 0.338 e. The van der Waals surface area contributed by atoms with E-state index in [9.17, 15) is 4.79 Å². The van der Waals surface area contributed by atoms with Crippen molar-refractivity contribution in [1.82, 2.24) is 0 Å². The molecule has 0 aromatic rings. The lowest BCUT2D eigenvalue weighted by Gasteiger charge is -2.07. The molecule has 1 aliphatic rings. The van der Waals surface area contributed by atoms with E-state index in [4.69, 9.17) is 9.84 Å². The Kier molecular flexibility index (Phi) is 8.98. The molecule has 0 spiro atoms. The first-order valence-electron chi connectivity index (χ1n) is 9.04. The Balaban J connectivity index is 1.82. The SMILES string of the molecule is CCCCCCCCCCCCCCC1(C(=O)O)OC1C. The lowest BCUT2D eigenvalue weighted by atomic mass is 9.97. The van der Waals surface area contributed by atoms with E-state index in [0.717, 1.165) is 12.8 Å². The monoisotopic (exact) mass is 298 g/mol. The lowest BCUT2D eigenvalue weighted by molar-refractivity contribution is -0.143. The van der Waals surface area contributed by atoms with Gasteiger partial charge in [0.2, 0.25) is 0 Å². The molecule has 0 aromatic carbocycles. The van der Waals surface area contributed by atoms with Gasteiger partial charge < -0.3 is 9.84 Å². The predicted octanol–water partition coefficient (Wildman–Crippen LogP) is 5.32. The molecule has 21 heavy (non-hydrogen) atoms. The molecule has 2 atom stereocenters. The zero-order valence-corrected chi connectivity index (χ0v) is 14.0. The summed E-state index contributed by atoms with van der Waals surface area (Å²) in [7, 11) is 0. The Hall–Kier alpha value is -0.570. The van der Waals surface area contributed by atoms with Gasteiger partial charge >= 0.3 is 5.97 Å². The maximum absolute atomic E-state index is 11.1. The first kappa shape index (κ1) is 18.5. The minimum absolute atomic E-state index is 0.0947. The number of hydrogen-bond acceptors (Lipinski definition) is 2. The Morgan fingerprint density at radius 2 is 1.29 bits per heavy atom. The van der Waals surface area contributed by atoms with Crippen molar-refractivity contribution in [2.75, 3.05) is 0 Å². The number of unbranched alkanes of at least 4 members (excludes halogenated alkanes) is 11. The molecule has 0 aromatic heterocycles. The summed E-state index contributed by atoms with van der Waals surface area (Å²) >= 11 is 0. The van der Waals surface area contributed by atoms with E-state index in [1.807, 2.05) is 6.92 Å². The Morgan fingerprint density at radius 1 is 0.905 bits per heavy atom. The standard InChI is InChI=1S/C18H34O3/c1-3-4-5-6-7-8-9-10-11-12-13-14-15-18(17(19)20)16(2)21-18/h16H,3-15H2,1-2H3,(H,19,20). The predicted molar refractivity (Wildman–Crippen MR) is 86.6 cm³/mol. The number of aliphatic carboxylic acids is 1. The molecule has 0 aliphatic carbocycles. The summed E-state index contributed by atoms with van der Waals surface area (Å²) in [6, 6.07) is 0. The summed E-state index contributed by atoms with van der Waals surface area (Å²) in [6.45, 7) is 4.11. The van der Waals surface area contributed by atoms with Gasteiger partial charge in [0, 0.05) is 0 Å². The Bertz CT molecular complexity index is 290. The van der Waals surface area contributed by atoms with Gasteiger partial charge in [0.25, 0.3) is 0 Å². The third-order valence-electron chi connectivity index (χ3n) is 4.75. The van der Waals surface area contributed by atoms with E-state index < -0.39 is 11.6 Å². The molecule has 1 heterocycles. The lowest BCUT2D eigenvalue weighted by Crippen LogP contribution is -2.26. The van der Waals surface area contributed by atoms with Gasteiger partial charge in [0.15, 0.2) is 5.60 Å². The molecule has 0 saturated carbocycles. The van der Waals surface area contributed by atoms with Crippen LogP contribution < -0.4 is 0 Å². The molecular weight excluding hydrogens is 264 g/mol. The van der Waals surface area contributed by atoms with Gasteiger partial charge in [0.05, 0.1) is 6.10 Å². The number of carboxylic acids is 1. The largest absolute Gasteiger partial charge is 0.479 e. The molecule has 3 nitrogen and oxygen atoms in total. The Morgan fingerprint density at radius 3 is 1.62 bits per heavy atom. The van der Waals surface area contributed by atoms with Crippen LogP contribution in [0.1, 0.15) is 97.3 Å². The maximum atomic E-state index is 11.1. The summed E-state index contributed by atoms with van der Waals surface area (Å²) in [5.74, 6) is -0.780. The highest BCUT2D eigenvalue weighted by atomic mass is 16.6. The number of hydrogen-bond donors (Lipinski definition) is 1. The van der Waals surface area contributed by atoms with Crippen molar-refractivity contribution in [3.63, 3.8) is 0 Å². The minimum atomic E-state index is -0.835. The molecular formula is C18H34O3. The molecule has 1 rings (SSSR count). The second kappa shape index (κ2) is 10.2. The summed E-state index contributed by atoms with van der Waals surface area (Å²) < 4.78 is 5.27. The van der Waals surface area contributed by atoms with Gasteiger partial charge in [0.1, 0.15) is 0 Å². The molecule has 0 radical (unpaired) electrons. The molecule has 124 valence electrons. The van der Waals surface area contributed by atoms with Crippen LogP contribution in [0.5, 0.6) is 0 Å². The molecule has 0 amide bonds. The highest BCUT2D eigenvalue weighted by Gasteiger charge is 2.59. The average Bonchev–Trinajstić information content (AvgIpc) is 3.12.